The fraction of sp³-hybridized carbons (Fsp3) is 0.462. The zero-order valence-corrected chi connectivity index (χ0v) is 10.7. The zero-order valence-electron chi connectivity index (χ0n) is 10.7. The van der Waals surface area contributed by atoms with Gasteiger partial charge < -0.3 is 5.32 Å². The largest absolute Gasteiger partial charge is 0.366 e. The van der Waals surface area contributed by atoms with Gasteiger partial charge in [-0.1, -0.05) is 13.8 Å². The maximum absolute atomic E-state index is 4.56. The highest BCUT2D eigenvalue weighted by Crippen LogP contribution is 2.21. The summed E-state index contributed by atoms with van der Waals surface area (Å²) in [7, 11) is 0. The molecule has 2 aromatic heterocycles. The summed E-state index contributed by atoms with van der Waals surface area (Å²) >= 11 is 0. The van der Waals surface area contributed by atoms with Crippen molar-refractivity contribution in [1.29, 1.82) is 0 Å². The van der Waals surface area contributed by atoms with Gasteiger partial charge in [0.15, 0.2) is 5.82 Å². The van der Waals surface area contributed by atoms with Crippen molar-refractivity contribution >= 4 is 16.9 Å². The van der Waals surface area contributed by atoms with E-state index in [-0.39, 0.29) is 0 Å². The molecule has 0 aliphatic carbocycles. The molecule has 0 spiro atoms. The van der Waals surface area contributed by atoms with Crippen molar-refractivity contribution in [2.45, 2.75) is 39.7 Å². The van der Waals surface area contributed by atoms with Gasteiger partial charge in [0, 0.05) is 18.2 Å². The number of hydrogen-bond donors (Lipinski definition) is 1. The van der Waals surface area contributed by atoms with E-state index >= 15 is 0 Å². The van der Waals surface area contributed by atoms with Gasteiger partial charge in [0.25, 0.3) is 0 Å². The Balaban J connectivity index is 2.60. The molecule has 0 aliphatic rings. The topological polar surface area (TPSA) is 50.7 Å². The van der Waals surface area contributed by atoms with E-state index in [0.29, 0.717) is 12.0 Å². The van der Waals surface area contributed by atoms with Crippen LogP contribution in [-0.4, -0.2) is 21.0 Å². The van der Waals surface area contributed by atoms with Gasteiger partial charge in [0.05, 0.1) is 5.52 Å². The van der Waals surface area contributed by atoms with Crippen LogP contribution in [0.2, 0.25) is 0 Å². The average Bonchev–Trinajstić information content (AvgIpc) is 2.28. The van der Waals surface area contributed by atoms with Gasteiger partial charge >= 0.3 is 0 Å². The molecule has 0 radical (unpaired) electrons. The minimum absolute atomic E-state index is 0.312. The Labute approximate surface area is 102 Å². The monoisotopic (exact) mass is 230 g/mol. The van der Waals surface area contributed by atoms with Gasteiger partial charge in [-0.15, -0.1) is 0 Å². The predicted molar refractivity (Wildman–Crippen MR) is 70.2 cm³/mol. The van der Waals surface area contributed by atoms with Crippen LogP contribution in [0.15, 0.2) is 18.3 Å². The van der Waals surface area contributed by atoms with E-state index in [4.69, 9.17) is 0 Å². The van der Waals surface area contributed by atoms with Gasteiger partial charge in [-0.25, -0.2) is 9.97 Å². The van der Waals surface area contributed by atoms with Crippen LogP contribution in [0.1, 0.15) is 39.4 Å². The maximum Gasteiger partial charge on any atom is 0.156 e. The Morgan fingerprint density at radius 1 is 1.12 bits per heavy atom. The first-order valence-electron chi connectivity index (χ1n) is 5.97. The summed E-state index contributed by atoms with van der Waals surface area (Å²) in [5, 5.41) is 3.33. The van der Waals surface area contributed by atoms with E-state index in [1.54, 1.807) is 6.20 Å². The fourth-order valence-corrected chi connectivity index (χ4v) is 1.62. The Morgan fingerprint density at radius 3 is 2.53 bits per heavy atom. The highest BCUT2D eigenvalue weighted by molar-refractivity contribution is 5.84. The molecule has 2 heterocycles. The maximum atomic E-state index is 4.56. The van der Waals surface area contributed by atoms with E-state index in [9.17, 15) is 0 Å². The molecule has 0 aromatic carbocycles. The summed E-state index contributed by atoms with van der Waals surface area (Å²) < 4.78 is 0. The van der Waals surface area contributed by atoms with Gasteiger partial charge in [-0.3, -0.25) is 4.98 Å². The van der Waals surface area contributed by atoms with Gasteiger partial charge in [-0.2, -0.15) is 0 Å². The first-order chi connectivity index (χ1) is 8.08. The second-order valence-corrected chi connectivity index (χ2v) is 4.76. The van der Waals surface area contributed by atoms with E-state index in [1.165, 1.54) is 0 Å². The lowest BCUT2D eigenvalue weighted by molar-refractivity contribution is 0.777. The number of fused-ring (bicyclic) bond motifs is 1. The molecule has 0 saturated heterocycles. The van der Waals surface area contributed by atoms with E-state index in [1.807, 2.05) is 12.1 Å². The quantitative estimate of drug-likeness (QED) is 0.880. The summed E-state index contributed by atoms with van der Waals surface area (Å²) in [5.74, 6) is 2.00. The zero-order chi connectivity index (χ0) is 12.4. The molecular formula is C13H18N4. The molecule has 0 aliphatic heterocycles. The number of nitrogens with zero attached hydrogens (tertiary/aromatic N) is 3. The molecule has 0 bridgehead atoms. The normalized spacial score (nSPS) is 11.4. The van der Waals surface area contributed by atoms with Gasteiger partial charge in [0.1, 0.15) is 11.3 Å². The smallest absolute Gasteiger partial charge is 0.156 e. The van der Waals surface area contributed by atoms with Crippen molar-refractivity contribution in [3.8, 4) is 0 Å². The Bertz CT molecular complexity index is 520. The molecule has 4 heteroatoms. The summed E-state index contributed by atoms with van der Waals surface area (Å²) in [6.45, 7) is 8.37. The second kappa shape index (κ2) is 4.65. The molecule has 90 valence electrons. The summed E-state index contributed by atoms with van der Waals surface area (Å²) in [6.07, 6.45) is 1.77. The van der Waals surface area contributed by atoms with Crippen LogP contribution < -0.4 is 5.32 Å². The average molecular weight is 230 g/mol. The predicted octanol–water partition coefficient (Wildman–Crippen LogP) is 2.97. The lowest BCUT2D eigenvalue weighted by atomic mass is 10.2. The van der Waals surface area contributed by atoms with Crippen molar-refractivity contribution < 1.29 is 0 Å². The lowest BCUT2D eigenvalue weighted by Crippen LogP contribution is -2.13. The lowest BCUT2D eigenvalue weighted by Gasteiger charge is -2.13. The minimum atomic E-state index is 0.312. The van der Waals surface area contributed by atoms with Crippen LogP contribution in [0.4, 0.5) is 5.82 Å². The highest BCUT2D eigenvalue weighted by Gasteiger charge is 2.11. The van der Waals surface area contributed by atoms with Crippen LogP contribution in [0.5, 0.6) is 0 Å². The summed E-state index contributed by atoms with van der Waals surface area (Å²) in [6, 6.07) is 4.20. The summed E-state index contributed by atoms with van der Waals surface area (Å²) in [5.41, 5.74) is 1.74. The minimum Gasteiger partial charge on any atom is -0.366 e. The molecule has 2 aromatic rings. The first kappa shape index (κ1) is 11.8. The number of anilines is 1. The van der Waals surface area contributed by atoms with E-state index in [2.05, 4.69) is 48.0 Å². The molecule has 17 heavy (non-hydrogen) atoms. The molecule has 0 atom stereocenters. The molecule has 1 N–H and O–H groups in total. The van der Waals surface area contributed by atoms with Gasteiger partial charge in [0.2, 0.25) is 0 Å². The number of hydrogen-bond acceptors (Lipinski definition) is 4. The summed E-state index contributed by atoms with van der Waals surface area (Å²) in [4.78, 5) is 13.4. The molecule has 0 amide bonds. The third-order valence-electron chi connectivity index (χ3n) is 2.41. The molecular weight excluding hydrogens is 212 g/mol. The van der Waals surface area contributed by atoms with Crippen LogP contribution in [-0.2, 0) is 0 Å². The molecule has 0 unspecified atom stereocenters. The van der Waals surface area contributed by atoms with Crippen LogP contribution in [0.25, 0.3) is 11.0 Å². The number of aromatic nitrogens is 3. The molecule has 4 nitrogen and oxygen atoms in total. The Morgan fingerprint density at radius 2 is 1.88 bits per heavy atom. The third-order valence-corrected chi connectivity index (χ3v) is 2.41. The Kier molecular flexibility index (Phi) is 3.22. The van der Waals surface area contributed by atoms with Crippen molar-refractivity contribution in [3.05, 3.63) is 24.2 Å². The number of nitrogens with one attached hydrogen (secondary N) is 1. The number of rotatable bonds is 3. The van der Waals surface area contributed by atoms with Crippen LogP contribution in [0.3, 0.4) is 0 Å². The van der Waals surface area contributed by atoms with E-state index in [0.717, 1.165) is 22.7 Å². The SMILES string of the molecule is CC(C)Nc1nc(C(C)C)nc2cccnc12. The molecule has 2 rings (SSSR count). The first-order valence-corrected chi connectivity index (χ1v) is 5.97. The fourth-order valence-electron chi connectivity index (χ4n) is 1.62. The van der Waals surface area contributed by atoms with Crippen LogP contribution in [0, 0.1) is 0 Å². The van der Waals surface area contributed by atoms with E-state index < -0.39 is 0 Å². The molecule has 0 fully saturated rings. The highest BCUT2D eigenvalue weighted by atomic mass is 15.1. The molecule has 0 saturated carbocycles. The standard InChI is InChI=1S/C13H18N4/c1-8(2)12-16-10-6-5-7-14-11(10)13(17-12)15-9(3)4/h5-9H,1-4H3,(H,15,16,17). The van der Waals surface area contributed by atoms with Crippen molar-refractivity contribution in [1.82, 2.24) is 15.0 Å². The van der Waals surface area contributed by atoms with Crippen molar-refractivity contribution in [3.63, 3.8) is 0 Å². The second-order valence-electron chi connectivity index (χ2n) is 4.76. The van der Waals surface area contributed by atoms with Crippen molar-refractivity contribution in [2.24, 2.45) is 0 Å². The van der Waals surface area contributed by atoms with Crippen LogP contribution >= 0.6 is 0 Å². The van der Waals surface area contributed by atoms with Crippen molar-refractivity contribution in [2.75, 3.05) is 5.32 Å². The Hall–Kier alpha value is -1.71. The third kappa shape index (κ3) is 2.52. The number of pyridine rings is 1. The van der Waals surface area contributed by atoms with Gasteiger partial charge in [-0.05, 0) is 26.0 Å².